The minimum atomic E-state index is -0.259. The molecule has 0 saturated heterocycles. The Morgan fingerprint density at radius 2 is 1.63 bits per heavy atom. The average Bonchev–Trinajstić information content (AvgIpc) is 2.79. The van der Waals surface area contributed by atoms with Crippen molar-refractivity contribution in [2.24, 2.45) is 5.10 Å². The van der Waals surface area contributed by atoms with Crippen LogP contribution in [0.2, 0.25) is 0 Å². The van der Waals surface area contributed by atoms with Crippen LogP contribution in [0, 0.1) is 0 Å². The van der Waals surface area contributed by atoms with Gasteiger partial charge in [-0.3, -0.25) is 4.79 Å². The second-order valence-electron chi connectivity index (χ2n) is 6.71. The third-order valence-corrected chi connectivity index (χ3v) is 5.14. The van der Waals surface area contributed by atoms with Gasteiger partial charge < -0.3 is 4.74 Å². The van der Waals surface area contributed by atoms with E-state index in [0.29, 0.717) is 17.9 Å². The minimum absolute atomic E-state index is 0.259. The van der Waals surface area contributed by atoms with E-state index in [2.05, 4.69) is 26.5 Å². The molecule has 0 spiro atoms. The first-order valence-electron chi connectivity index (χ1n) is 9.47. The number of hydrogen-bond donors (Lipinski definition) is 1. The molecule has 0 aliphatic heterocycles. The number of carbonyl (C=O) groups is 1. The summed E-state index contributed by atoms with van der Waals surface area (Å²) in [5, 5.41) is 6.22. The number of hydrogen-bond acceptors (Lipinski definition) is 3. The first-order chi connectivity index (χ1) is 14.7. The van der Waals surface area contributed by atoms with Gasteiger partial charge in [0.2, 0.25) is 0 Å². The summed E-state index contributed by atoms with van der Waals surface area (Å²) in [5.41, 5.74) is 5.00. The molecule has 1 amide bonds. The molecule has 4 nitrogen and oxygen atoms in total. The Labute approximate surface area is 183 Å². The molecule has 0 fully saturated rings. The summed E-state index contributed by atoms with van der Waals surface area (Å²) in [7, 11) is 0. The average molecular weight is 459 g/mol. The maximum absolute atomic E-state index is 12.4. The zero-order valence-electron chi connectivity index (χ0n) is 16.1. The molecular weight excluding hydrogens is 440 g/mol. The van der Waals surface area contributed by atoms with Crippen LogP contribution in [0.4, 0.5) is 0 Å². The van der Waals surface area contributed by atoms with Crippen molar-refractivity contribution < 1.29 is 9.53 Å². The fourth-order valence-corrected chi connectivity index (χ4v) is 3.28. The standard InChI is InChI=1S/C25H19BrN2O2/c26-23-13-9-18(10-14-23)17-30-24-8-4-3-7-22(24)16-27-28-25(29)21-12-11-19-5-1-2-6-20(19)15-21/h1-16H,17H2,(H,28,29)/b27-16-. The smallest absolute Gasteiger partial charge is 0.271 e. The Morgan fingerprint density at radius 3 is 2.47 bits per heavy atom. The summed E-state index contributed by atoms with van der Waals surface area (Å²) < 4.78 is 6.96. The van der Waals surface area contributed by atoms with Crippen molar-refractivity contribution in [1.82, 2.24) is 5.43 Å². The highest BCUT2D eigenvalue weighted by Crippen LogP contribution is 2.19. The van der Waals surface area contributed by atoms with Crippen LogP contribution < -0.4 is 10.2 Å². The number of halogens is 1. The van der Waals surface area contributed by atoms with Crippen LogP contribution >= 0.6 is 15.9 Å². The van der Waals surface area contributed by atoms with Crippen LogP contribution in [-0.2, 0) is 6.61 Å². The van der Waals surface area contributed by atoms with Gasteiger partial charge in [0, 0.05) is 15.6 Å². The lowest BCUT2D eigenvalue weighted by molar-refractivity contribution is 0.0955. The van der Waals surface area contributed by atoms with E-state index in [0.717, 1.165) is 26.4 Å². The second-order valence-corrected chi connectivity index (χ2v) is 7.63. The van der Waals surface area contributed by atoms with E-state index in [-0.39, 0.29) is 5.91 Å². The van der Waals surface area contributed by atoms with Crippen molar-refractivity contribution in [3.63, 3.8) is 0 Å². The van der Waals surface area contributed by atoms with E-state index in [9.17, 15) is 4.79 Å². The highest BCUT2D eigenvalue weighted by molar-refractivity contribution is 9.10. The topological polar surface area (TPSA) is 50.7 Å². The lowest BCUT2D eigenvalue weighted by Crippen LogP contribution is -2.17. The van der Waals surface area contributed by atoms with Crippen LogP contribution in [0.5, 0.6) is 5.75 Å². The molecule has 0 unspecified atom stereocenters. The fraction of sp³-hybridized carbons (Fsp3) is 0.0400. The molecule has 0 radical (unpaired) electrons. The lowest BCUT2D eigenvalue weighted by atomic mass is 10.1. The van der Waals surface area contributed by atoms with Crippen molar-refractivity contribution in [3.8, 4) is 5.75 Å². The maximum Gasteiger partial charge on any atom is 0.271 e. The van der Waals surface area contributed by atoms with Crippen LogP contribution in [0.15, 0.2) is 101 Å². The van der Waals surface area contributed by atoms with Crippen molar-refractivity contribution in [1.29, 1.82) is 0 Å². The van der Waals surface area contributed by atoms with Gasteiger partial charge in [-0.05, 0) is 52.7 Å². The second kappa shape index (κ2) is 9.37. The Balaban J connectivity index is 1.42. The zero-order chi connectivity index (χ0) is 20.8. The number of benzene rings is 4. The molecule has 0 bridgehead atoms. The largest absolute Gasteiger partial charge is 0.488 e. The normalized spacial score (nSPS) is 11.0. The van der Waals surface area contributed by atoms with Crippen LogP contribution in [0.25, 0.3) is 10.8 Å². The number of amides is 1. The molecule has 148 valence electrons. The van der Waals surface area contributed by atoms with Gasteiger partial charge in [-0.1, -0.05) is 70.5 Å². The van der Waals surface area contributed by atoms with Crippen LogP contribution in [0.1, 0.15) is 21.5 Å². The van der Waals surface area contributed by atoms with Gasteiger partial charge in [0.15, 0.2) is 0 Å². The first kappa shape index (κ1) is 19.9. The van der Waals surface area contributed by atoms with Gasteiger partial charge in [-0.25, -0.2) is 5.43 Å². The Bertz CT molecular complexity index is 1200. The van der Waals surface area contributed by atoms with Crippen molar-refractivity contribution in [3.05, 3.63) is 112 Å². The van der Waals surface area contributed by atoms with Crippen LogP contribution in [0.3, 0.4) is 0 Å². The Hall–Kier alpha value is -3.44. The number of nitrogens with one attached hydrogen (secondary N) is 1. The number of rotatable bonds is 6. The summed E-state index contributed by atoms with van der Waals surface area (Å²) in [4.78, 5) is 12.4. The molecule has 0 aromatic heterocycles. The van der Waals surface area contributed by atoms with Crippen LogP contribution in [-0.4, -0.2) is 12.1 Å². The molecule has 4 aromatic rings. The van der Waals surface area contributed by atoms with Crippen molar-refractivity contribution in [2.75, 3.05) is 0 Å². The number of ether oxygens (including phenoxy) is 1. The number of hydrazone groups is 1. The van der Waals surface area contributed by atoms with Gasteiger partial charge in [-0.2, -0.15) is 5.10 Å². The van der Waals surface area contributed by atoms with Crippen molar-refractivity contribution >= 4 is 38.8 Å². The molecule has 4 aromatic carbocycles. The SMILES string of the molecule is O=C(N/N=C\c1ccccc1OCc1ccc(Br)cc1)c1ccc2ccccc2c1. The van der Waals surface area contributed by atoms with Gasteiger partial charge in [0.25, 0.3) is 5.91 Å². The molecule has 0 atom stereocenters. The first-order valence-corrected chi connectivity index (χ1v) is 10.3. The van der Waals surface area contributed by atoms with Gasteiger partial charge in [0.05, 0.1) is 6.21 Å². The van der Waals surface area contributed by atoms with E-state index >= 15 is 0 Å². The number of fused-ring (bicyclic) bond motifs is 1. The van der Waals surface area contributed by atoms with E-state index in [1.54, 1.807) is 12.3 Å². The maximum atomic E-state index is 12.4. The third kappa shape index (κ3) is 4.93. The van der Waals surface area contributed by atoms with Gasteiger partial charge >= 0.3 is 0 Å². The molecule has 0 aliphatic rings. The fourth-order valence-electron chi connectivity index (χ4n) is 3.02. The van der Waals surface area contributed by atoms with E-state index in [4.69, 9.17) is 4.74 Å². The predicted octanol–water partition coefficient (Wildman–Crippen LogP) is 5.95. The summed E-state index contributed by atoms with van der Waals surface area (Å²) >= 11 is 3.43. The predicted molar refractivity (Wildman–Crippen MR) is 124 cm³/mol. The molecule has 0 saturated carbocycles. The van der Waals surface area contributed by atoms with Gasteiger partial charge in [-0.15, -0.1) is 0 Å². The highest BCUT2D eigenvalue weighted by atomic mass is 79.9. The summed E-state index contributed by atoms with van der Waals surface area (Å²) in [5.74, 6) is 0.439. The third-order valence-electron chi connectivity index (χ3n) is 4.61. The molecular formula is C25H19BrN2O2. The summed E-state index contributed by atoms with van der Waals surface area (Å²) in [6.07, 6.45) is 1.59. The number of para-hydroxylation sites is 1. The molecule has 1 N–H and O–H groups in total. The highest BCUT2D eigenvalue weighted by Gasteiger charge is 2.06. The number of nitrogens with zero attached hydrogens (tertiary/aromatic N) is 1. The quantitative estimate of drug-likeness (QED) is 0.286. The minimum Gasteiger partial charge on any atom is -0.488 e. The summed E-state index contributed by atoms with van der Waals surface area (Å²) in [6, 6.07) is 29.1. The van der Waals surface area contributed by atoms with E-state index in [1.807, 2.05) is 84.9 Å². The van der Waals surface area contributed by atoms with Gasteiger partial charge in [0.1, 0.15) is 12.4 Å². The molecule has 0 heterocycles. The monoisotopic (exact) mass is 458 g/mol. The summed E-state index contributed by atoms with van der Waals surface area (Å²) in [6.45, 7) is 0.446. The van der Waals surface area contributed by atoms with Crippen molar-refractivity contribution in [2.45, 2.75) is 6.61 Å². The molecule has 5 heteroatoms. The Morgan fingerprint density at radius 1 is 0.900 bits per heavy atom. The molecule has 30 heavy (non-hydrogen) atoms. The molecule has 4 rings (SSSR count). The number of carbonyl (C=O) groups excluding carboxylic acids is 1. The Kier molecular flexibility index (Phi) is 6.20. The lowest BCUT2D eigenvalue weighted by Gasteiger charge is -2.09. The van der Waals surface area contributed by atoms with E-state index in [1.165, 1.54) is 0 Å². The molecule has 0 aliphatic carbocycles. The van der Waals surface area contributed by atoms with E-state index < -0.39 is 0 Å². The zero-order valence-corrected chi connectivity index (χ0v) is 17.7.